The summed E-state index contributed by atoms with van der Waals surface area (Å²) in [5.74, 6) is -0.655. The smallest absolute Gasteiger partial charge is 0.235 e. The van der Waals surface area contributed by atoms with E-state index in [1.54, 1.807) is 13.0 Å². The maximum absolute atomic E-state index is 12.4. The summed E-state index contributed by atoms with van der Waals surface area (Å²) in [6.07, 6.45) is 4.47. The topological polar surface area (TPSA) is 67.5 Å². The Morgan fingerprint density at radius 2 is 2.05 bits per heavy atom. The fourth-order valence-corrected chi connectivity index (χ4v) is 2.19. The maximum Gasteiger partial charge on any atom is 0.235 e. The predicted octanol–water partition coefficient (Wildman–Crippen LogP) is 3.52. The molecule has 0 radical (unpaired) electrons. The van der Waals surface area contributed by atoms with Crippen molar-refractivity contribution >= 4 is 22.8 Å². The molecule has 0 aliphatic heterocycles. The second kappa shape index (κ2) is 5.40. The molecule has 1 heterocycles. The first kappa shape index (κ1) is 14.8. The van der Waals surface area contributed by atoms with Crippen molar-refractivity contribution in [2.24, 2.45) is 0 Å². The summed E-state index contributed by atoms with van der Waals surface area (Å²) in [5, 5.41) is 10.2. The molecule has 0 saturated heterocycles. The summed E-state index contributed by atoms with van der Waals surface area (Å²) in [5.41, 5.74) is 1.49. The number of Topliss-reactive ketones (excluding diaryl/α,β-unsaturated/α-hetero) is 1. The van der Waals surface area contributed by atoms with Crippen LogP contribution in [0.5, 0.6) is 5.75 Å². The molecular formula is C17H16O4. The number of aryl methyl sites for hydroxylation is 2. The lowest BCUT2D eigenvalue weighted by Crippen LogP contribution is -2.08. The minimum Gasteiger partial charge on any atom is -0.502 e. The van der Waals surface area contributed by atoms with Crippen molar-refractivity contribution in [1.29, 1.82) is 0 Å². The number of hydrogen-bond acceptors (Lipinski definition) is 4. The van der Waals surface area contributed by atoms with Gasteiger partial charge in [0.25, 0.3) is 0 Å². The number of benzene rings is 1. The van der Waals surface area contributed by atoms with Crippen LogP contribution < -0.4 is 5.43 Å². The van der Waals surface area contributed by atoms with Crippen LogP contribution in [0, 0.1) is 13.8 Å². The lowest BCUT2D eigenvalue weighted by molar-refractivity contribution is 0.101. The fraction of sp³-hybridized carbons (Fsp3) is 0.176. The van der Waals surface area contributed by atoms with Crippen LogP contribution in [0.2, 0.25) is 0 Å². The highest BCUT2D eigenvalue weighted by atomic mass is 16.4. The third-order valence-electron chi connectivity index (χ3n) is 3.45. The highest BCUT2D eigenvalue weighted by Gasteiger charge is 2.19. The minimum atomic E-state index is -0.538. The second-order valence-corrected chi connectivity index (χ2v) is 4.87. The predicted molar refractivity (Wildman–Crippen MR) is 82.9 cm³/mol. The van der Waals surface area contributed by atoms with Gasteiger partial charge in [0.1, 0.15) is 5.58 Å². The second-order valence-electron chi connectivity index (χ2n) is 4.87. The molecule has 0 bridgehead atoms. The van der Waals surface area contributed by atoms with Crippen molar-refractivity contribution in [3.8, 4) is 5.75 Å². The molecule has 0 aliphatic carbocycles. The van der Waals surface area contributed by atoms with E-state index >= 15 is 0 Å². The average molecular weight is 284 g/mol. The maximum atomic E-state index is 12.4. The van der Waals surface area contributed by atoms with Gasteiger partial charge in [0.2, 0.25) is 11.2 Å². The first-order chi connectivity index (χ1) is 9.88. The van der Waals surface area contributed by atoms with Crippen molar-refractivity contribution in [1.82, 2.24) is 0 Å². The Kier molecular flexibility index (Phi) is 3.80. The molecule has 0 unspecified atom stereocenters. The Labute approximate surface area is 122 Å². The van der Waals surface area contributed by atoms with Gasteiger partial charge in [0, 0.05) is 0 Å². The van der Waals surface area contributed by atoms with E-state index in [0.29, 0.717) is 11.1 Å². The number of ketones is 1. The lowest BCUT2D eigenvalue weighted by Gasteiger charge is -2.10. The van der Waals surface area contributed by atoms with E-state index in [1.165, 1.54) is 25.2 Å². The number of hydrogen-bond donors (Lipinski definition) is 1. The summed E-state index contributed by atoms with van der Waals surface area (Å²) in [6, 6.07) is 1.70. The van der Waals surface area contributed by atoms with Crippen LogP contribution in [0.15, 0.2) is 34.0 Å². The van der Waals surface area contributed by atoms with E-state index in [2.05, 4.69) is 6.58 Å². The van der Waals surface area contributed by atoms with Gasteiger partial charge in [0.15, 0.2) is 11.5 Å². The Morgan fingerprint density at radius 1 is 1.38 bits per heavy atom. The van der Waals surface area contributed by atoms with Crippen LogP contribution in [-0.4, -0.2) is 10.9 Å². The lowest BCUT2D eigenvalue weighted by atomic mass is 9.98. The van der Waals surface area contributed by atoms with Crippen molar-refractivity contribution < 1.29 is 14.3 Å². The van der Waals surface area contributed by atoms with Crippen LogP contribution in [0.1, 0.15) is 34.2 Å². The third kappa shape index (κ3) is 2.40. The van der Waals surface area contributed by atoms with Gasteiger partial charge < -0.3 is 9.52 Å². The van der Waals surface area contributed by atoms with E-state index in [4.69, 9.17) is 4.42 Å². The van der Waals surface area contributed by atoms with E-state index in [0.717, 1.165) is 5.56 Å². The van der Waals surface area contributed by atoms with Gasteiger partial charge in [-0.2, -0.15) is 0 Å². The van der Waals surface area contributed by atoms with Gasteiger partial charge in [0.05, 0.1) is 10.9 Å². The number of carbonyl (C=O) groups is 1. The van der Waals surface area contributed by atoms with Gasteiger partial charge in [-0.15, -0.1) is 0 Å². The van der Waals surface area contributed by atoms with E-state index in [-0.39, 0.29) is 22.5 Å². The Hall–Kier alpha value is -2.62. The zero-order valence-corrected chi connectivity index (χ0v) is 12.2. The molecule has 21 heavy (non-hydrogen) atoms. The van der Waals surface area contributed by atoms with Gasteiger partial charge in [-0.3, -0.25) is 9.59 Å². The number of fused-ring (bicyclic) bond motifs is 1. The Morgan fingerprint density at radius 3 is 2.62 bits per heavy atom. The molecule has 1 aromatic heterocycles. The molecule has 4 nitrogen and oxygen atoms in total. The fourth-order valence-electron chi connectivity index (χ4n) is 2.19. The number of carbonyl (C=O) groups excluding carboxylic acids is 1. The molecule has 0 fully saturated rings. The first-order valence-corrected chi connectivity index (χ1v) is 6.48. The minimum absolute atomic E-state index is 0.0122. The molecule has 108 valence electrons. The summed E-state index contributed by atoms with van der Waals surface area (Å²) >= 11 is 0. The van der Waals surface area contributed by atoms with Crippen LogP contribution in [0.25, 0.3) is 17.0 Å². The monoisotopic (exact) mass is 284 g/mol. The standard InChI is InChI=1S/C17H16O4/c1-5-6-7-13-15(19)16(20)14-10(3)9(2)8-12(11(4)18)17(14)21-13/h5-8,19H,1H2,2-4H3. The van der Waals surface area contributed by atoms with Gasteiger partial charge >= 0.3 is 0 Å². The molecule has 0 spiro atoms. The molecule has 0 saturated carbocycles. The summed E-state index contributed by atoms with van der Waals surface area (Å²) in [6.45, 7) is 8.50. The largest absolute Gasteiger partial charge is 0.502 e. The molecule has 2 rings (SSSR count). The number of allylic oxidation sites excluding steroid dienone is 2. The van der Waals surface area contributed by atoms with Crippen molar-refractivity contribution in [3.63, 3.8) is 0 Å². The SMILES string of the molecule is C=CC=Cc1oc2c(C(C)=O)cc(C)c(C)c2c(=O)c1O. The molecular weight excluding hydrogens is 268 g/mol. The highest BCUT2D eigenvalue weighted by Crippen LogP contribution is 2.28. The van der Waals surface area contributed by atoms with Crippen LogP contribution in [0.3, 0.4) is 0 Å². The molecule has 4 heteroatoms. The normalized spacial score (nSPS) is 11.2. The Bertz CT molecular complexity index is 838. The van der Waals surface area contributed by atoms with Crippen LogP contribution >= 0.6 is 0 Å². The van der Waals surface area contributed by atoms with Gasteiger partial charge in [-0.05, 0) is 44.0 Å². The van der Waals surface area contributed by atoms with Crippen molar-refractivity contribution in [2.45, 2.75) is 20.8 Å². The molecule has 1 aromatic carbocycles. The average Bonchev–Trinajstić information content (AvgIpc) is 2.44. The molecule has 0 amide bonds. The number of rotatable bonds is 3. The first-order valence-electron chi connectivity index (χ1n) is 6.48. The Balaban J connectivity index is 3.03. The third-order valence-corrected chi connectivity index (χ3v) is 3.45. The summed E-state index contributed by atoms with van der Waals surface area (Å²) < 4.78 is 5.60. The molecule has 0 aliphatic rings. The quantitative estimate of drug-likeness (QED) is 0.691. The van der Waals surface area contributed by atoms with Crippen LogP contribution in [0.4, 0.5) is 0 Å². The van der Waals surface area contributed by atoms with Gasteiger partial charge in [-0.1, -0.05) is 18.7 Å². The summed E-state index contributed by atoms with van der Waals surface area (Å²) in [4.78, 5) is 24.2. The zero-order chi connectivity index (χ0) is 15.7. The van der Waals surface area contributed by atoms with E-state index in [1.807, 2.05) is 6.92 Å². The molecule has 0 atom stereocenters. The van der Waals surface area contributed by atoms with E-state index in [9.17, 15) is 14.7 Å². The van der Waals surface area contributed by atoms with Crippen molar-refractivity contribution in [2.75, 3.05) is 0 Å². The summed E-state index contributed by atoms with van der Waals surface area (Å²) in [7, 11) is 0. The van der Waals surface area contributed by atoms with Crippen LogP contribution in [-0.2, 0) is 0 Å². The highest BCUT2D eigenvalue weighted by molar-refractivity contribution is 6.06. The molecule has 2 aromatic rings. The van der Waals surface area contributed by atoms with E-state index < -0.39 is 11.2 Å². The van der Waals surface area contributed by atoms with Gasteiger partial charge in [-0.25, -0.2) is 0 Å². The zero-order valence-electron chi connectivity index (χ0n) is 12.2. The number of aromatic hydroxyl groups is 1. The molecule has 1 N–H and O–H groups in total. The van der Waals surface area contributed by atoms with Crippen molar-refractivity contribution in [3.05, 3.63) is 57.5 Å².